The molecule has 80 heavy (non-hydrogen) atoms. The molecule has 0 nitrogen and oxygen atoms in total. The zero-order valence-corrected chi connectivity index (χ0v) is 45.2. The van der Waals surface area contributed by atoms with Crippen LogP contribution in [0.1, 0.15) is 22.3 Å². The van der Waals surface area contributed by atoms with Gasteiger partial charge >= 0.3 is 0 Å². The smallest absolute Gasteiger partial charge is 0.0654 e. The van der Waals surface area contributed by atoms with Crippen LogP contribution in [0.15, 0.2) is 60.7 Å². The molecule has 0 saturated carbocycles. The van der Waals surface area contributed by atoms with Crippen molar-refractivity contribution in [2.45, 2.75) is 49.1 Å². The van der Waals surface area contributed by atoms with Crippen LogP contribution < -0.4 is 10.4 Å². The third-order valence-corrected chi connectivity index (χ3v) is 34.8. The van der Waals surface area contributed by atoms with E-state index < -0.39 is 16.1 Å². The zero-order chi connectivity index (χ0) is 49.1. The van der Waals surface area contributed by atoms with Gasteiger partial charge in [-0.15, -0.1) is 0 Å². The Balaban J connectivity index is 1.07. The van der Waals surface area contributed by atoms with E-state index in [1.807, 2.05) is 22.3 Å². The average molecular weight is 1020 g/mol. The van der Waals surface area contributed by atoms with Gasteiger partial charge in [-0.05, 0) is 325 Å². The molecule has 0 N–H and O–H groups in total. The summed E-state index contributed by atoms with van der Waals surface area (Å²) in [6, 6.07) is 26.9. The van der Waals surface area contributed by atoms with Gasteiger partial charge in [0.2, 0.25) is 0 Å². The molecular weight excluding hydrogens is 993 g/mol. The van der Waals surface area contributed by atoms with E-state index in [0.717, 1.165) is 0 Å². The van der Waals surface area contributed by atoms with Gasteiger partial charge in [0.25, 0.3) is 0 Å². The normalized spacial score (nSPS) is 20.9. The highest BCUT2D eigenvalue weighted by atomic mass is 28.3. The zero-order valence-electron chi connectivity index (χ0n) is 43.2. The van der Waals surface area contributed by atoms with Crippen LogP contribution in [0.5, 0.6) is 0 Å². The summed E-state index contributed by atoms with van der Waals surface area (Å²) in [5.74, 6) is 0. The van der Waals surface area contributed by atoms with Gasteiger partial charge in [0.15, 0.2) is 0 Å². The Hall–Kier alpha value is -8.67. The summed E-state index contributed by atoms with van der Waals surface area (Å²) in [7, 11) is -4.69. The average Bonchev–Trinajstić information content (AvgIpc) is 1.42. The topological polar surface area (TPSA) is 0 Å². The first kappa shape index (κ1) is 33.0. The van der Waals surface area contributed by atoms with Gasteiger partial charge in [0.1, 0.15) is 0 Å². The number of hydrogen-bond acceptors (Lipinski definition) is 0. The summed E-state index contributed by atoms with van der Waals surface area (Å²) < 4.78 is 0. The van der Waals surface area contributed by atoms with E-state index in [4.69, 9.17) is 0 Å². The van der Waals surface area contributed by atoms with E-state index in [1.165, 1.54) is 12.1 Å². The predicted molar refractivity (Wildman–Crippen MR) is 351 cm³/mol. The number of rotatable bonds is 6. The van der Waals surface area contributed by atoms with Gasteiger partial charge in [0.05, 0.1) is 16.1 Å². The van der Waals surface area contributed by atoms with Crippen molar-refractivity contribution in [1.29, 1.82) is 0 Å². The lowest BCUT2D eigenvalue weighted by Gasteiger charge is -2.57. The summed E-state index contributed by atoms with van der Waals surface area (Å²) in [4.78, 5) is 0. The minimum atomic E-state index is -2.35. The van der Waals surface area contributed by atoms with Crippen LogP contribution in [-0.4, -0.2) is 16.1 Å². The van der Waals surface area contributed by atoms with Crippen LogP contribution in [0.3, 0.4) is 0 Å². The SMILES string of the molecule is C[Si](C)(C[C@]12c3c4c5c6c7c8c(c9c%10c1c1c%11c3c3c%12c4c4c6c6c7c7c%13c8c9c8c9c%10c1c1c%10c%11c3c3c%11c%12c4c4c6c6c7c7c%13c8c8c9c1c1c%10c3c3c%11c4c6c4c7c8c1c34)[C@@]52C[Si](C)(C)c1ccccc1)c1ccccc1. The summed E-state index contributed by atoms with van der Waals surface area (Å²) in [5, 5.41) is 94.6. The highest BCUT2D eigenvalue weighted by molar-refractivity contribution is 6.92. The van der Waals surface area contributed by atoms with Gasteiger partial charge in [-0.1, -0.05) is 97.2 Å². The first-order valence-corrected chi connectivity index (χ1v) is 36.6. The Kier molecular flexibility index (Phi) is 3.25. The van der Waals surface area contributed by atoms with Crippen molar-refractivity contribution in [3.63, 3.8) is 0 Å². The van der Waals surface area contributed by atoms with Crippen LogP contribution in [0.4, 0.5) is 0 Å². The third-order valence-electron chi connectivity index (χ3n) is 28.2. The second-order valence-electron chi connectivity index (χ2n) is 30.4. The Bertz CT molecular complexity index is 7560. The van der Waals surface area contributed by atoms with Gasteiger partial charge in [-0.3, -0.25) is 0 Å². The van der Waals surface area contributed by atoms with Crippen LogP contribution >= 0.6 is 0 Å². The van der Waals surface area contributed by atoms with Gasteiger partial charge < -0.3 is 0 Å². The molecule has 30 aromatic rings. The molecule has 0 aliphatic heterocycles. The number of benzene rings is 19. The lowest BCUT2D eigenvalue weighted by Crippen LogP contribution is -2.60. The molecule has 0 saturated heterocycles. The van der Waals surface area contributed by atoms with Crippen LogP contribution in [0.25, 0.3) is 291 Å². The van der Waals surface area contributed by atoms with Gasteiger partial charge in [-0.2, -0.15) is 0 Å². The Morgan fingerprint density at radius 2 is 0.325 bits per heavy atom. The molecule has 0 unspecified atom stereocenters. The highest BCUT2D eigenvalue weighted by Crippen LogP contribution is 2.86. The van der Waals surface area contributed by atoms with Crippen molar-refractivity contribution in [1.82, 2.24) is 0 Å². The second kappa shape index (κ2) is 7.87. The fourth-order valence-electron chi connectivity index (χ4n) is 27.5. The summed E-state index contributed by atoms with van der Waals surface area (Å²) in [5.41, 5.74) is 6.79. The van der Waals surface area contributed by atoms with Gasteiger partial charge in [-0.25, -0.2) is 0 Å². The van der Waals surface area contributed by atoms with Gasteiger partial charge in [0, 0.05) is 10.8 Å². The van der Waals surface area contributed by atoms with E-state index in [-0.39, 0.29) is 10.8 Å². The molecule has 346 valence electrons. The molecule has 2 heteroatoms. The van der Waals surface area contributed by atoms with E-state index in [9.17, 15) is 0 Å². The van der Waals surface area contributed by atoms with E-state index in [1.54, 1.807) is 301 Å². The lowest BCUT2D eigenvalue weighted by atomic mass is 9.51. The molecule has 30 aromatic carbocycles. The molecule has 0 aromatic heterocycles. The lowest BCUT2D eigenvalue weighted by molar-refractivity contribution is 0.385. The molecule has 34 rings (SSSR count). The fraction of sp³-hybridized carbons (Fsp3) is 0.103. The summed E-state index contributed by atoms with van der Waals surface area (Å²) >= 11 is 0. The maximum absolute atomic E-state index is 2.84. The quantitative estimate of drug-likeness (QED) is 0.115. The Labute approximate surface area is 446 Å². The minimum absolute atomic E-state index is 0.275. The molecule has 0 fully saturated rings. The molecule has 0 bridgehead atoms. The summed E-state index contributed by atoms with van der Waals surface area (Å²) in [6.45, 7) is 11.3. The Morgan fingerprint density at radius 1 is 0.188 bits per heavy atom. The van der Waals surface area contributed by atoms with Crippen molar-refractivity contribution in [2.24, 2.45) is 0 Å². The highest BCUT2D eigenvalue weighted by Gasteiger charge is 2.71. The molecule has 0 heterocycles. The van der Waals surface area contributed by atoms with Crippen LogP contribution in [0, 0.1) is 0 Å². The van der Waals surface area contributed by atoms with Crippen molar-refractivity contribution in [3.8, 4) is 0 Å². The molecule has 4 aliphatic carbocycles. The first-order valence-electron chi connectivity index (χ1n) is 30.2. The van der Waals surface area contributed by atoms with E-state index >= 15 is 0 Å². The molecular formula is C78H26Si2. The molecule has 0 amide bonds. The minimum Gasteiger partial charge on any atom is -0.0654 e. The Morgan fingerprint density at radius 3 is 0.525 bits per heavy atom. The first-order chi connectivity index (χ1) is 39.4. The maximum Gasteiger partial charge on any atom is 0.0818 e. The molecule has 0 radical (unpaired) electrons. The van der Waals surface area contributed by atoms with Crippen molar-refractivity contribution < 1.29 is 0 Å². The van der Waals surface area contributed by atoms with Crippen molar-refractivity contribution in [2.75, 3.05) is 0 Å². The van der Waals surface area contributed by atoms with E-state index in [2.05, 4.69) is 86.9 Å². The largest absolute Gasteiger partial charge is 0.0818 e. The van der Waals surface area contributed by atoms with Crippen LogP contribution in [-0.2, 0) is 10.8 Å². The molecule has 4 aliphatic rings. The molecule has 2 atom stereocenters. The predicted octanol–water partition coefficient (Wildman–Crippen LogP) is 20.5. The van der Waals surface area contributed by atoms with E-state index in [0.29, 0.717) is 0 Å². The molecule has 0 spiro atoms. The fourth-order valence-corrected chi connectivity index (χ4v) is 34.1. The van der Waals surface area contributed by atoms with Crippen molar-refractivity contribution in [3.05, 3.63) is 82.9 Å². The standard InChI is InChI=1S/C78H26Si2/c1-79(2,17-11-7-5-8-12-17)15-77-73-66-59-47-39-30-21-19-20-22-25(21)34-41(39)49-50-42(34)40-31(22)33-29-24(20)27-26-23(19)28-32(30)45(47)53-51-37(28)35(26)43-44-36(27)38(29)52-54-46(33)48(40)60-62(50)71(70(73)61(49)59)74-67(60)65(54)69-58(52)56(44)63-55(43)57(51)68(64(53)66)75(77)72(63)76(69)78(74,77)16-80(3,4)18-13-9-6-10-14-18/h5-14H,15-16H2,1-4H3/t77-,78+. The second-order valence-corrected chi connectivity index (χ2v) is 39.8. The third kappa shape index (κ3) is 1.98. The van der Waals surface area contributed by atoms with Crippen LogP contribution in [0.2, 0.25) is 38.3 Å². The number of hydrogen-bond donors (Lipinski definition) is 0. The maximum atomic E-state index is 2.84. The monoisotopic (exact) mass is 1020 g/mol. The van der Waals surface area contributed by atoms with Crippen molar-refractivity contribution >= 4 is 317 Å². The summed E-state index contributed by atoms with van der Waals surface area (Å²) in [6.07, 6.45) is 0.